The SMILES string of the molecule is c1ccc(-c2nc(-c3cccc(-c4c(-c5ccccc5)nn5c(-c6ccccc6)cc6ccccc6c45)c3)nc(-c3ccc4sc5ccccc5c4c3)n2)cc1. The third kappa shape index (κ3) is 5.46. The van der Waals surface area contributed by atoms with Crippen LogP contribution in [0.15, 0.2) is 188 Å². The summed E-state index contributed by atoms with van der Waals surface area (Å²) in [5.41, 5.74) is 10.0. The first kappa shape index (κ1) is 32.2. The van der Waals surface area contributed by atoms with Gasteiger partial charge in [-0.2, -0.15) is 5.10 Å². The molecule has 0 atom stereocenters. The first-order chi connectivity index (χ1) is 27.7. The van der Waals surface area contributed by atoms with E-state index >= 15 is 0 Å². The summed E-state index contributed by atoms with van der Waals surface area (Å²) in [4.78, 5) is 15.4. The van der Waals surface area contributed by atoms with E-state index in [0.717, 1.165) is 66.6 Å². The third-order valence-corrected chi connectivity index (χ3v) is 11.6. The zero-order valence-corrected chi connectivity index (χ0v) is 30.9. The maximum atomic E-state index is 5.41. The molecular weight excluding hydrogens is 703 g/mol. The molecule has 5 nitrogen and oxygen atoms in total. The molecule has 56 heavy (non-hydrogen) atoms. The Bertz CT molecular complexity index is 3240. The molecule has 0 aliphatic rings. The monoisotopic (exact) mass is 733 g/mol. The van der Waals surface area contributed by atoms with Crippen molar-refractivity contribution in [3.63, 3.8) is 0 Å². The molecule has 0 fully saturated rings. The molecule has 0 aliphatic carbocycles. The summed E-state index contributed by atoms with van der Waals surface area (Å²) >= 11 is 1.81. The molecule has 0 amide bonds. The Morgan fingerprint density at radius 1 is 0.375 bits per heavy atom. The average molecular weight is 734 g/mol. The standard InChI is InChI=1S/C50H31N5S/c1-4-15-32(16-5-1)42-31-35-21-10-11-24-39(35)47-45(46(54-55(42)47)33-17-6-2-7-18-33)36-22-14-23-37(29-36)49-51-48(34-19-8-3-9-20-34)52-50(53-49)38-27-28-44-41(30-38)40-25-12-13-26-43(40)56-44/h1-31H. The second-order valence-electron chi connectivity index (χ2n) is 13.9. The second kappa shape index (κ2) is 13.2. The normalized spacial score (nSPS) is 11.6. The average Bonchev–Trinajstić information content (AvgIpc) is 3.86. The Morgan fingerprint density at radius 2 is 0.929 bits per heavy atom. The van der Waals surface area contributed by atoms with Gasteiger partial charge in [-0.1, -0.05) is 152 Å². The van der Waals surface area contributed by atoms with Crippen LogP contribution in [0.25, 0.3) is 104 Å². The lowest BCUT2D eigenvalue weighted by molar-refractivity contribution is 0.979. The first-order valence-electron chi connectivity index (χ1n) is 18.6. The van der Waals surface area contributed by atoms with Gasteiger partial charge in [-0.05, 0) is 47.3 Å². The molecule has 11 rings (SSSR count). The van der Waals surface area contributed by atoms with E-state index in [-0.39, 0.29) is 0 Å². The van der Waals surface area contributed by atoms with Crippen LogP contribution in [0.4, 0.5) is 0 Å². The van der Waals surface area contributed by atoms with E-state index in [9.17, 15) is 0 Å². The van der Waals surface area contributed by atoms with Gasteiger partial charge in [-0.3, -0.25) is 0 Å². The lowest BCUT2D eigenvalue weighted by atomic mass is 9.95. The molecule has 0 spiro atoms. The molecule has 0 aliphatic heterocycles. The van der Waals surface area contributed by atoms with Crippen LogP contribution < -0.4 is 0 Å². The van der Waals surface area contributed by atoms with Crippen LogP contribution in [0.1, 0.15) is 0 Å². The Balaban J connectivity index is 1.15. The largest absolute Gasteiger partial charge is 0.231 e. The van der Waals surface area contributed by atoms with E-state index < -0.39 is 0 Å². The van der Waals surface area contributed by atoms with Gasteiger partial charge in [-0.25, -0.2) is 19.5 Å². The van der Waals surface area contributed by atoms with Gasteiger partial charge in [0.25, 0.3) is 0 Å². The zero-order chi connectivity index (χ0) is 37.0. The van der Waals surface area contributed by atoms with E-state index in [0.29, 0.717) is 17.5 Å². The zero-order valence-electron chi connectivity index (χ0n) is 30.0. The van der Waals surface area contributed by atoms with Crippen molar-refractivity contribution in [2.75, 3.05) is 0 Å². The van der Waals surface area contributed by atoms with Crippen molar-refractivity contribution < 1.29 is 0 Å². The minimum Gasteiger partial charge on any atom is -0.231 e. The van der Waals surface area contributed by atoms with E-state index in [1.54, 1.807) is 11.3 Å². The minimum absolute atomic E-state index is 0.610. The van der Waals surface area contributed by atoms with Crippen molar-refractivity contribution in [3.8, 4) is 67.8 Å². The molecule has 0 N–H and O–H groups in total. The van der Waals surface area contributed by atoms with Crippen molar-refractivity contribution in [2.24, 2.45) is 0 Å². The van der Waals surface area contributed by atoms with Crippen LogP contribution in [0.2, 0.25) is 0 Å². The number of hydrogen-bond acceptors (Lipinski definition) is 5. The molecular formula is C50H31N5S. The minimum atomic E-state index is 0.610. The van der Waals surface area contributed by atoms with Crippen LogP contribution in [0.5, 0.6) is 0 Å². The van der Waals surface area contributed by atoms with Crippen molar-refractivity contribution >= 4 is 47.8 Å². The molecule has 4 aromatic heterocycles. The third-order valence-electron chi connectivity index (χ3n) is 10.5. The highest BCUT2D eigenvalue weighted by Crippen LogP contribution is 2.42. The summed E-state index contributed by atoms with van der Waals surface area (Å²) in [7, 11) is 0. The number of nitrogens with zero attached hydrogens (tertiary/aromatic N) is 5. The van der Waals surface area contributed by atoms with Crippen molar-refractivity contribution in [1.29, 1.82) is 0 Å². The predicted octanol–water partition coefficient (Wildman–Crippen LogP) is 13.0. The Hall–Kier alpha value is -7.28. The van der Waals surface area contributed by atoms with E-state index in [4.69, 9.17) is 20.1 Å². The van der Waals surface area contributed by atoms with Crippen LogP contribution in [0.3, 0.4) is 0 Å². The fraction of sp³-hybridized carbons (Fsp3) is 0. The lowest BCUT2D eigenvalue weighted by Crippen LogP contribution is -2.00. The second-order valence-corrected chi connectivity index (χ2v) is 15.0. The summed E-state index contributed by atoms with van der Waals surface area (Å²) in [5.74, 6) is 1.88. The molecule has 0 saturated carbocycles. The molecule has 7 aromatic carbocycles. The van der Waals surface area contributed by atoms with Crippen LogP contribution in [-0.2, 0) is 0 Å². The smallest absolute Gasteiger partial charge is 0.164 e. The maximum absolute atomic E-state index is 5.41. The number of aromatic nitrogens is 5. The van der Waals surface area contributed by atoms with Gasteiger partial charge in [0.1, 0.15) is 5.69 Å². The summed E-state index contributed by atoms with van der Waals surface area (Å²) in [6, 6.07) is 65.6. The number of hydrogen-bond donors (Lipinski definition) is 0. The molecule has 6 heteroatoms. The number of fused-ring (bicyclic) bond motifs is 6. The number of rotatable bonds is 6. The first-order valence-corrected chi connectivity index (χ1v) is 19.5. The predicted molar refractivity (Wildman–Crippen MR) is 232 cm³/mol. The summed E-state index contributed by atoms with van der Waals surface area (Å²) in [5, 5.41) is 10.1. The van der Waals surface area contributed by atoms with Crippen LogP contribution >= 0.6 is 11.3 Å². The summed E-state index contributed by atoms with van der Waals surface area (Å²) in [6.07, 6.45) is 0. The Labute approximate surface area is 326 Å². The summed E-state index contributed by atoms with van der Waals surface area (Å²) in [6.45, 7) is 0. The molecule has 0 bridgehead atoms. The highest BCUT2D eigenvalue weighted by atomic mass is 32.1. The number of benzene rings is 7. The van der Waals surface area contributed by atoms with Gasteiger partial charge < -0.3 is 0 Å². The Kier molecular flexibility index (Phi) is 7.60. The van der Waals surface area contributed by atoms with E-state index in [1.165, 1.54) is 20.2 Å². The number of pyridine rings is 1. The van der Waals surface area contributed by atoms with Crippen LogP contribution in [0, 0.1) is 0 Å². The molecule has 0 saturated heterocycles. The van der Waals surface area contributed by atoms with Crippen molar-refractivity contribution in [2.45, 2.75) is 0 Å². The highest BCUT2D eigenvalue weighted by molar-refractivity contribution is 7.25. The van der Waals surface area contributed by atoms with Crippen molar-refractivity contribution in [3.05, 3.63) is 188 Å². The Morgan fingerprint density at radius 3 is 1.68 bits per heavy atom. The van der Waals surface area contributed by atoms with Gasteiger partial charge in [0.15, 0.2) is 17.5 Å². The van der Waals surface area contributed by atoms with Crippen molar-refractivity contribution in [1.82, 2.24) is 24.6 Å². The fourth-order valence-corrected chi connectivity index (χ4v) is 8.89. The van der Waals surface area contributed by atoms with E-state index in [2.05, 4.69) is 168 Å². The van der Waals surface area contributed by atoms with Crippen LogP contribution in [-0.4, -0.2) is 24.6 Å². The maximum Gasteiger partial charge on any atom is 0.164 e. The van der Waals surface area contributed by atoms with Gasteiger partial charge in [-0.15, -0.1) is 11.3 Å². The lowest BCUT2D eigenvalue weighted by Gasteiger charge is -2.12. The van der Waals surface area contributed by atoms with Gasteiger partial charge >= 0.3 is 0 Å². The summed E-state index contributed by atoms with van der Waals surface area (Å²) < 4.78 is 4.63. The molecule has 4 heterocycles. The van der Waals surface area contributed by atoms with E-state index in [1.807, 2.05) is 24.3 Å². The molecule has 11 aromatic rings. The molecule has 262 valence electrons. The fourth-order valence-electron chi connectivity index (χ4n) is 7.80. The molecule has 0 unspecified atom stereocenters. The topological polar surface area (TPSA) is 56.0 Å². The molecule has 0 radical (unpaired) electrons. The number of thiophene rings is 1. The van der Waals surface area contributed by atoms with Gasteiger partial charge in [0.2, 0.25) is 0 Å². The van der Waals surface area contributed by atoms with Gasteiger partial charge in [0, 0.05) is 58.9 Å². The highest BCUT2D eigenvalue weighted by Gasteiger charge is 2.22. The quantitative estimate of drug-likeness (QED) is 0.171. The van der Waals surface area contributed by atoms with Gasteiger partial charge in [0.05, 0.1) is 11.2 Å².